The van der Waals surface area contributed by atoms with Crippen LogP contribution < -0.4 is 4.74 Å². The maximum Gasteiger partial charge on any atom is 0.232 e. The summed E-state index contributed by atoms with van der Waals surface area (Å²) >= 11 is 0. The van der Waals surface area contributed by atoms with Gasteiger partial charge in [0, 0.05) is 18.8 Å². The van der Waals surface area contributed by atoms with Crippen molar-refractivity contribution in [1.29, 1.82) is 0 Å². The Hall–Kier alpha value is -1.91. The molecule has 5 nitrogen and oxygen atoms in total. The van der Waals surface area contributed by atoms with Crippen LogP contribution in [-0.2, 0) is 6.42 Å². The van der Waals surface area contributed by atoms with E-state index >= 15 is 0 Å². The first-order valence-corrected chi connectivity index (χ1v) is 6.28. The van der Waals surface area contributed by atoms with Crippen LogP contribution in [0.25, 0.3) is 0 Å². The number of hydrogen-bond acceptors (Lipinski definition) is 5. The molecule has 0 fully saturated rings. The minimum Gasteiger partial charge on any atom is -0.477 e. The van der Waals surface area contributed by atoms with E-state index in [1.54, 1.807) is 31.1 Å². The van der Waals surface area contributed by atoms with Crippen molar-refractivity contribution in [2.24, 2.45) is 5.41 Å². The van der Waals surface area contributed by atoms with Gasteiger partial charge in [-0.3, -0.25) is 4.98 Å². The molecule has 5 heteroatoms. The average Bonchev–Trinajstić information content (AvgIpc) is 2.82. The third-order valence-corrected chi connectivity index (χ3v) is 2.00. The lowest BCUT2D eigenvalue weighted by Gasteiger charge is -2.14. The molecule has 2 aromatic rings. The maximum absolute atomic E-state index is 5.10. The normalized spacial score (nSPS) is 10.5. The van der Waals surface area contributed by atoms with Crippen LogP contribution in [0.4, 0.5) is 0 Å². The second-order valence-corrected chi connectivity index (χ2v) is 5.14. The highest BCUT2D eigenvalue weighted by Crippen LogP contribution is 2.18. The second kappa shape index (κ2) is 7.51. The predicted octanol–water partition coefficient (Wildman–Crippen LogP) is 3.14. The Morgan fingerprint density at radius 2 is 1.95 bits per heavy atom. The topological polar surface area (TPSA) is 61.0 Å². The molecule has 0 radical (unpaired) electrons. The molecule has 0 unspecified atom stereocenters. The largest absolute Gasteiger partial charge is 0.477 e. The Balaban J connectivity index is 0.000000191. The van der Waals surface area contributed by atoms with Gasteiger partial charge in [-0.05, 0) is 12.3 Å². The summed E-state index contributed by atoms with van der Waals surface area (Å²) in [5, 5.41) is 0. The molecule has 0 saturated heterocycles. The Morgan fingerprint density at radius 1 is 1.16 bits per heavy atom. The predicted molar refractivity (Wildman–Crippen MR) is 72.9 cm³/mol. The summed E-state index contributed by atoms with van der Waals surface area (Å²) in [7, 11) is 0. The van der Waals surface area contributed by atoms with Crippen LogP contribution in [0.1, 0.15) is 33.6 Å². The highest BCUT2D eigenvalue weighted by molar-refractivity contribution is 5.00. The van der Waals surface area contributed by atoms with E-state index in [4.69, 9.17) is 9.15 Å². The fourth-order valence-corrected chi connectivity index (χ4v) is 1.30. The minimum atomic E-state index is 0.269. The molecular formula is C14H21N3O2. The smallest absolute Gasteiger partial charge is 0.232 e. The highest BCUT2D eigenvalue weighted by Gasteiger charge is 2.13. The van der Waals surface area contributed by atoms with Gasteiger partial charge in [-0.2, -0.15) is 0 Å². The summed E-state index contributed by atoms with van der Waals surface area (Å²) < 4.78 is 10.1. The van der Waals surface area contributed by atoms with Crippen LogP contribution in [0, 0.1) is 5.41 Å². The van der Waals surface area contributed by atoms with Gasteiger partial charge in [-0.25, -0.2) is 9.97 Å². The summed E-state index contributed by atoms with van der Waals surface area (Å²) in [6.07, 6.45) is 9.00. The fourth-order valence-electron chi connectivity index (χ4n) is 1.30. The van der Waals surface area contributed by atoms with Gasteiger partial charge in [-0.1, -0.05) is 20.8 Å². The molecule has 0 atom stereocenters. The molecule has 19 heavy (non-hydrogen) atoms. The lowest BCUT2D eigenvalue weighted by molar-refractivity contribution is 0.325. The maximum atomic E-state index is 5.10. The Kier molecular flexibility index (Phi) is 5.99. The van der Waals surface area contributed by atoms with Gasteiger partial charge < -0.3 is 9.15 Å². The van der Waals surface area contributed by atoms with Crippen molar-refractivity contribution in [3.63, 3.8) is 0 Å². The Bertz CT molecular complexity index is 435. The number of aromatic nitrogens is 3. The van der Waals surface area contributed by atoms with Gasteiger partial charge >= 0.3 is 0 Å². The molecule has 2 heterocycles. The zero-order valence-corrected chi connectivity index (χ0v) is 12.0. The molecule has 0 amide bonds. The summed E-state index contributed by atoms with van der Waals surface area (Å²) in [6, 6.07) is 0. The SMILES string of the molecule is CC(C)(C)Cc1ncco1.CCOc1cnccn1. The molecule has 0 saturated carbocycles. The molecule has 0 aliphatic heterocycles. The summed E-state index contributed by atoms with van der Waals surface area (Å²) in [6.45, 7) is 9.04. The van der Waals surface area contributed by atoms with Crippen molar-refractivity contribution < 1.29 is 9.15 Å². The molecular weight excluding hydrogens is 242 g/mol. The first kappa shape index (κ1) is 15.1. The van der Waals surface area contributed by atoms with Crippen LogP contribution in [0.15, 0.2) is 35.5 Å². The van der Waals surface area contributed by atoms with Crippen molar-refractivity contribution in [1.82, 2.24) is 15.0 Å². The van der Waals surface area contributed by atoms with E-state index in [1.165, 1.54) is 0 Å². The van der Waals surface area contributed by atoms with E-state index in [1.807, 2.05) is 6.92 Å². The third kappa shape index (κ3) is 7.18. The summed E-state index contributed by atoms with van der Waals surface area (Å²) in [4.78, 5) is 11.7. The molecule has 0 bridgehead atoms. The Labute approximate surface area is 114 Å². The quantitative estimate of drug-likeness (QED) is 0.851. The second-order valence-electron chi connectivity index (χ2n) is 5.14. The van der Waals surface area contributed by atoms with Gasteiger partial charge in [0.05, 0.1) is 19.0 Å². The first-order valence-electron chi connectivity index (χ1n) is 6.28. The van der Waals surface area contributed by atoms with Crippen molar-refractivity contribution in [3.8, 4) is 5.88 Å². The van der Waals surface area contributed by atoms with Crippen molar-refractivity contribution >= 4 is 0 Å². The third-order valence-electron chi connectivity index (χ3n) is 2.00. The minimum absolute atomic E-state index is 0.269. The summed E-state index contributed by atoms with van der Waals surface area (Å²) in [5.74, 6) is 1.41. The van der Waals surface area contributed by atoms with E-state index in [-0.39, 0.29) is 5.41 Å². The van der Waals surface area contributed by atoms with E-state index < -0.39 is 0 Å². The fraction of sp³-hybridized carbons (Fsp3) is 0.500. The van der Waals surface area contributed by atoms with Crippen LogP contribution in [-0.4, -0.2) is 21.6 Å². The molecule has 104 valence electrons. The van der Waals surface area contributed by atoms with Crippen molar-refractivity contribution in [2.75, 3.05) is 6.61 Å². The van der Waals surface area contributed by atoms with Gasteiger partial charge in [-0.15, -0.1) is 0 Å². The standard InChI is InChI=1S/C8H13NO.C6H8N2O/c1-8(2,3)6-7-9-4-5-10-7;1-2-9-6-5-7-3-4-8-6/h4-5H,6H2,1-3H3;3-5H,2H2,1H3. The van der Waals surface area contributed by atoms with Crippen LogP contribution in [0.3, 0.4) is 0 Å². The van der Waals surface area contributed by atoms with Gasteiger partial charge in [0.15, 0.2) is 5.89 Å². The number of nitrogens with zero attached hydrogens (tertiary/aromatic N) is 3. The lowest BCUT2D eigenvalue weighted by atomic mass is 9.92. The molecule has 0 aromatic carbocycles. The molecule has 2 aromatic heterocycles. The first-order chi connectivity index (χ1) is 9.01. The average molecular weight is 263 g/mol. The zero-order chi connectivity index (χ0) is 14.1. The van der Waals surface area contributed by atoms with Gasteiger partial charge in [0.2, 0.25) is 5.88 Å². The molecule has 0 N–H and O–H groups in total. The lowest BCUT2D eigenvalue weighted by Crippen LogP contribution is -2.08. The zero-order valence-electron chi connectivity index (χ0n) is 12.0. The van der Waals surface area contributed by atoms with E-state index in [0.29, 0.717) is 12.5 Å². The van der Waals surface area contributed by atoms with Crippen molar-refractivity contribution in [3.05, 3.63) is 36.9 Å². The van der Waals surface area contributed by atoms with E-state index in [9.17, 15) is 0 Å². The van der Waals surface area contributed by atoms with Crippen LogP contribution >= 0.6 is 0 Å². The van der Waals surface area contributed by atoms with Gasteiger partial charge in [0.1, 0.15) is 6.26 Å². The number of hydrogen-bond donors (Lipinski definition) is 0. The number of ether oxygens (including phenoxy) is 1. The van der Waals surface area contributed by atoms with E-state index in [0.717, 1.165) is 12.3 Å². The highest BCUT2D eigenvalue weighted by atomic mass is 16.5. The monoisotopic (exact) mass is 263 g/mol. The van der Waals surface area contributed by atoms with Gasteiger partial charge in [0.25, 0.3) is 0 Å². The number of rotatable bonds is 3. The van der Waals surface area contributed by atoms with Crippen LogP contribution in [0.5, 0.6) is 5.88 Å². The van der Waals surface area contributed by atoms with Crippen LogP contribution in [0.2, 0.25) is 0 Å². The van der Waals surface area contributed by atoms with Crippen molar-refractivity contribution in [2.45, 2.75) is 34.1 Å². The molecule has 0 aliphatic carbocycles. The Morgan fingerprint density at radius 3 is 2.42 bits per heavy atom. The molecule has 2 rings (SSSR count). The summed E-state index contributed by atoms with van der Waals surface area (Å²) in [5.41, 5.74) is 0.269. The molecule has 0 spiro atoms. The number of oxazole rings is 1. The van der Waals surface area contributed by atoms with E-state index in [2.05, 4.69) is 35.7 Å². The molecule has 0 aliphatic rings.